The van der Waals surface area contributed by atoms with Crippen LogP contribution in [0.4, 0.5) is 0 Å². The summed E-state index contributed by atoms with van der Waals surface area (Å²) in [5.41, 5.74) is 2.34. The van der Waals surface area contributed by atoms with Crippen LogP contribution in [0.1, 0.15) is 63.4 Å². The Morgan fingerprint density at radius 2 is 2.09 bits per heavy atom. The van der Waals surface area contributed by atoms with E-state index in [1.807, 2.05) is 6.33 Å². The maximum Gasteiger partial charge on any atom is 0.323 e. The summed E-state index contributed by atoms with van der Waals surface area (Å²) >= 11 is 0. The van der Waals surface area contributed by atoms with Crippen molar-refractivity contribution in [3.8, 4) is 0 Å². The van der Waals surface area contributed by atoms with Crippen molar-refractivity contribution in [1.82, 2.24) is 14.5 Å². The Morgan fingerprint density at radius 1 is 1.35 bits per heavy atom. The van der Waals surface area contributed by atoms with Crippen molar-refractivity contribution in [2.45, 2.75) is 71.0 Å². The highest BCUT2D eigenvalue weighted by Gasteiger charge is 2.36. The van der Waals surface area contributed by atoms with Crippen molar-refractivity contribution in [2.75, 3.05) is 13.7 Å². The molecule has 0 aromatic carbocycles. The van der Waals surface area contributed by atoms with Crippen molar-refractivity contribution in [3.05, 3.63) is 17.7 Å². The van der Waals surface area contributed by atoms with Crippen LogP contribution in [0.15, 0.2) is 6.33 Å². The van der Waals surface area contributed by atoms with E-state index in [2.05, 4.69) is 28.3 Å². The molecule has 0 spiro atoms. The van der Waals surface area contributed by atoms with Crippen molar-refractivity contribution < 1.29 is 9.53 Å². The average molecular weight is 319 g/mol. The Bertz CT molecular complexity index is 546. The van der Waals surface area contributed by atoms with E-state index < -0.39 is 0 Å². The van der Waals surface area contributed by atoms with Crippen LogP contribution in [0.25, 0.3) is 0 Å². The molecule has 1 saturated carbocycles. The second kappa shape index (κ2) is 7.04. The summed E-state index contributed by atoms with van der Waals surface area (Å²) in [5, 5.41) is 0. The van der Waals surface area contributed by atoms with Crippen molar-refractivity contribution in [3.63, 3.8) is 0 Å². The molecule has 2 heterocycles. The molecule has 3 rings (SSSR count). The number of ether oxygens (including phenoxy) is 1. The topological polar surface area (TPSA) is 47.4 Å². The summed E-state index contributed by atoms with van der Waals surface area (Å²) in [7, 11) is 1.49. The number of carbonyl (C=O) groups is 1. The summed E-state index contributed by atoms with van der Waals surface area (Å²) in [5.74, 6) is 0.596. The normalized spacial score (nSPS) is 23.0. The van der Waals surface area contributed by atoms with E-state index in [4.69, 9.17) is 4.74 Å². The number of rotatable bonds is 4. The molecule has 0 bridgehead atoms. The first-order chi connectivity index (χ1) is 11.1. The molecule has 0 radical (unpaired) electrons. The zero-order valence-corrected chi connectivity index (χ0v) is 14.6. The molecular formula is C18H29N3O2. The molecule has 1 aliphatic carbocycles. The molecule has 2 aliphatic rings. The number of hydrogen-bond acceptors (Lipinski definition) is 4. The zero-order chi connectivity index (χ0) is 16.4. The minimum absolute atomic E-state index is 0.120. The predicted molar refractivity (Wildman–Crippen MR) is 89.1 cm³/mol. The molecule has 0 N–H and O–H groups in total. The third-order valence-corrected chi connectivity index (χ3v) is 5.41. The summed E-state index contributed by atoms with van der Waals surface area (Å²) in [6.45, 7) is 6.17. The molecule has 0 amide bonds. The van der Waals surface area contributed by atoms with E-state index >= 15 is 0 Å². The summed E-state index contributed by atoms with van der Waals surface area (Å²) in [4.78, 5) is 19.2. The average Bonchev–Trinajstić information content (AvgIpc) is 2.97. The van der Waals surface area contributed by atoms with Gasteiger partial charge in [0.1, 0.15) is 6.04 Å². The molecule has 1 aliphatic heterocycles. The number of aromatic nitrogens is 2. The first kappa shape index (κ1) is 16.5. The maximum absolute atomic E-state index is 12.3. The van der Waals surface area contributed by atoms with Crippen LogP contribution in [0.2, 0.25) is 0 Å². The third-order valence-electron chi connectivity index (χ3n) is 5.41. The number of carbonyl (C=O) groups excluding carboxylic acids is 1. The molecule has 1 atom stereocenters. The van der Waals surface area contributed by atoms with Gasteiger partial charge in [0.05, 0.1) is 24.8 Å². The van der Waals surface area contributed by atoms with Gasteiger partial charge in [-0.25, -0.2) is 4.98 Å². The minimum atomic E-state index is -0.176. The lowest BCUT2D eigenvalue weighted by atomic mass is 9.88. The number of esters is 1. The van der Waals surface area contributed by atoms with E-state index in [0.717, 1.165) is 18.8 Å². The SMILES string of the molecule is COC(=O)[C@@H]1Cc2ncn(C(C)C)c2CN1CC1CCCCC1. The van der Waals surface area contributed by atoms with Gasteiger partial charge in [-0.05, 0) is 32.6 Å². The van der Waals surface area contributed by atoms with Crippen LogP contribution < -0.4 is 0 Å². The van der Waals surface area contributed by atoms with Gasteiger partial charge in [0.15, 0.2) is 0 Å². The summed E-state index contributed by atoms with van der Waals surface area (Å²) in [6.07, 6.45) is 9.21. The highest BCUT2D eigenvalue weighted by molar-refractivity contribution is 5.76. The smallest absolute Gasteiger partial charge is 0.323 e. The molecule has 5 heteroatoms. The van der Waals surface area contributed by atoms with Gasteiger partial charge in [0.2, 0.25) is 0 Å². The van der Waals surface area contributed by atoms with Gasteiger partial charge in [-0.2, -0.15) is 0 Å². The van der Waals surface area contributed by atoms with Crippen LogP contribution in [-0.2, 0) is 22.5 Å². The Hall–Kier alpha value is -1.36. The van der Waals surface area contributed by atoms with Gasteiger partial charge in [-0.1, -0.05) is 19.3 Å². The molecule has 23 heavy (non-hydrogen) atoms. The van der Waals surface area contributed by atoms with E-state index in [0.29, 0.717) is 18.4 Å². The molecule has 1 fully saturated rings. The Balaban J connectivity index is 1.81. The Morgan fingerprint density at radius 3 is 2.74 bits per heavy atom. The van der Waals surface area contributed by atoms with E-state index in [1.54, 1.807) is 0 Å². The molecule has 128 valence electrons. The highest BCUT2D eigenvalue weighted by atomic mass is 16.5. The van der Waals surface area contributed by atoms with Crippen LogP contribution in [0.5, 0.6) is 0 Å². The standard InChI is InChI=1S/C18H29N3O2/c1-13(2)21-12-19-15-9-16(18(22)23-3)20(11-17(15)21)10-14-7-5-4-6-8-14/h12-14,16H,4-11H2,1-3H3/t16-/m0/s1. The van der Waals surface area contributed by atoms with Crippen LogP contribution in [0, 0.1) is 5.92 Å². The molecular weight excluding hydrogens is 290 g/mol. The van der Waals surface area contributed by atoms with Crippen molar-refractivity contribution >= 4 is 5.97 Å². The first-order valence-electron chi connectivity index (χ1n) is 8.96. The Labute approximate surface area is 139 Å². The highest BCUT2D eigenvalue weighted by Crippen LogP contribution is 2.30. The fourth-order valence-corrected chi connectivity index (χ4v) is 4.09. The fourth-order valence-electron chi connectivity index (χ4n) is 4.09. The van der Waals surface area contributed by atoms with E-state index in [-0.39, 0.29) is 12.0 Å². The largest absolute Gasteiger partial charge is 0.468 e. The van der Waals surface area contributed by atoms with Crippen molar-refractivity contribution in [1.29, 1.82) is 0 Å². The number of hydrogen-bond donors (Lipinski definition) is 0. The van der Waals surface area contributed by atoms with Gasteiger partial charge in [-0.15, -0.1) is 0 Å². The van der Waals surface area contributed by atoms with E-state index in [1.165, 1.54) is 44.9 Å². The van der Waals surface area contributed by atoms with Crippen LogP contribution in [-0.4, -0.2) is 40.1 Å². The molecule has 1 aromatic heterocycles. The summed E-state index contributed by atoms with van der Waals surface area (Å²) < 4.78 is 7.31. The fraction of sp³-hybridized carbons (Fsp3) is 0.778. The van der Waals surface area contributed by atoms with Crippen LogP contribution in [0.3, 0.4) is 0 Å². The number of imidazole rings is 1. The summed E-state index contributed by atoms with van der Waals surface area (Å²) in [6, 6.07) is 0.224. The predicted octanol–water partition coefficient (Wildman–Crippen LogP) is 2.94. The number of methoxy groups -OCH3 is 1. The lowest BCUT2D eigenvalue weighted by Gasteiger charge is -2.37. The molecule has 5 nitrogen and oxygen atoms in total. The lowest BCUT2D eigenvalue weighted by molar-refractivity contribution is -0.148. The van der Waals surface area contributed by atoms with Crippen molar-refractivity contribution in [2.24, 2.45) is 5.92 Å². The maximum atomic E-state index is 12.3. The second-order valence-corrected chi connectivity index (χ2v) is 7.32. The number of fused-ring (bicyclic) bond motifs is 1. The first-order valence-corrected chi connectivity index (χ1v) is 8.96. The zero-order valence-electron chi connectivity index (χ0n) is 14.6. The van der Waals surface area contributed by atoms with Gasteiger partial charge in [0, 0.05) is 25.6 Å². The van der Waals surface area contributed by atoms with Gasteiger partial charge in [-0.3, -0.25) is 9.69 Å². The minimum Gasteiger partial charge on any atom is -0.468 e. The van der Waals surface area contributed by atoms with Gasteiger partial charge in [0.25, 0.3) is 0 Å². The van der Waals surface area contributed by atoms with Gasteiger partial charge >= 0.3 is 5.97 Å². The number of nitrogens with zero attached hydrogens (tertiary/aromatic N) is 3. The molecule has 1 aromatic rings. The molecule has 0 unspecified atom stereocenters. The third kappa shape index (κ3) is 3.44. The van der Waals surface area contributed by atoms with Crippen LogP contribution >= 0.6 is 0 Å². The van der Waals surface area contributed by atoms with E-state index in [9.17, 15) is 4.79 Å². The molecule has 0 saturated heterocycles. The Kier molecular flexibility index (Phi) is 5.05. The van der Waals surface area contributed by atoms with Gasteiger partial charge < -0.3 is 9.30 Å². The quantitative estimate of drug-likeness (QED) is 0.801. The monoisotopic (exact) mass is 319 g/mol. The second-order valence-electron chi connectivity index (χ2n) is 7.32. The lowest BCUT2D eigenvalue weighted by Crippen LogP contribution is -2.48.